The average Bonchev–Trinajstić information content (AvgIpc) is 2.67. The summed E-state index contributed by atoms with van der Waals surface area (Å²) in [6, 6.07) is 5.96. The molecule has 0 aliphatic heterocycles. The largest absolute Gasteiger partial charge is 0.391 e. The molecule has 4 heteroatoms. The number of hydrogen-bond acceptors (Lipinski definition) is 3. The highest BCUT2D eigenvalue weighted by Gasteiger charge is 2.25. The zero-order chi connectivity index (χ0) is 11.5. The van der Waals surface area contributed by atoms with Gasteiger partial charge in [0.2, 0.25) is 0 Å². The van der Waals surface area contributed by atoms with E-state index in [9.17, 15) is 9.50 Å². The summed E-state index contributed by atoms with van der Waals surface area (Å²) in [5.41, 5.74) is 0.869. The lowest BCUT2D eigenvalue weighted by Gasteiger charge is -2.18. The van der Waals surface area contributed by atoms with E-state index >= 15 is 0 Å². The van der Waals surface area contributed by atoms with E-state index in [1.807, 2.05) is 6.07 Å². The Kier molecular flexibility index (Phi) is 3.07. The standard InChI is InChI=1S/C12H13FN2O/c13-9-4-5-10(8(6-9)7-14)15-11-2-1-3-12(11)16/h4-6,11-12,15-16H,1-3H2/t11-,12-/m0/s1. The fourth-order valence-corrected chi connectivity index (χ4v) is 2.04. The molecular formula is C12H13FN2O. The van der Waals surface area contributed by atoms with E-state index in [0.29, 0.717) is 5.69 Å². The molecule has 2 N–H and O–H groups in total. The van der Waals surface area contributed by atoms with Crippen LogP contribution in [-0.2, 0) is 0 Å². The van der Waals surface area contributed by atoms with Crippen LogP contribution >= 0.6 is 0 Å². The summed E-state index contributed by atoms with van der Waals surface area (Å²) >= 11 is 0. The van der Waals surface area contributed by atoms with Gasteiger partial charge in [0.1, 0.15) is 11.9 Å². The Morgan fingerprint density at radius 2 is 2.25 bits per heavy atom. The smallest absolute Gasteiger partial charge is 0.124 e. The van der Waals surface area contributed by atoms with Crippen molar-refractivity contribution in [1.82, 2.24) is 0 Å². The van der Waals surface area contributed by atoms with Crippen molar-refractivity contribution < 1.29 is 9.50 Å². The maximum atomic E-state index is 12.9. The molecule has 0 saturated heterocycles. The first-order chi connectivity index (χ1) is 7.70. The van der Waals surface area contributed by atoms with Crippen LogP contribution in [0.1, 0.15) is 24.8 Å². The number of nitriles is 1. The average molecular weight is 220 g/mol. The SMILES string of the molecule is N#Cc1cc(F)ccc1N[C@H]1CCC[C@@H]1O. The fourth-order valence-electron chi connectivity index (χ4n) is 2.04. The van der Waals surface area contributed by atoms with Crippen LogP contribution in [-0.4, -0.2) is 17.3 Å². The maximum Gasteiger partial charge on any atom is 0.124 e. The summed E-state index contributed by atoms with van der Waals surface area (Å²) < 4.78 is 12.9. The van der Waals surface area contributed by atoms with Crippen molar-refractivity contribution >= 4 is 5.69 Å². The van der Waals surface area contributed by atoms with Crippen molar-refractivity contribution in [3.63, 3.8) is 0 Å². The van der Waals surface area contributed by atoms with Crippen LogP contribution in [0.3, 0.4) is 0 Å². The van der Waals surface area contributed by atoms with Crippen LogP contribution in [0, 0.1) is 17.1 Å². The Morgan fingerprint density at radius 1 is 1.44 bits per heavy atom. The van der Waals surface area contributed by atoms with Gasteiger partial charge in [0, 0.05) is 0 Å². The van der Waals surface area contributed by atoms with Crippen LogP contribution in [0.5, 0.6) is 0 Å². The quantitative estimate of drug-likeness (QED) is 0.801. The zero-order valence-corrected chi connectivity index (χ0v) is 8.78. The van der Waals surface area contributed by atoms with Gasteiger partial charge in [-0.15, -0.1) is 0 Å². The van der Waals surface area contributed by atoms with E-state index in [0.717, 1.165) is 19.3 Å². The Balaban J connectivity index is 2.18. The molecule has 0 amide bonds. The fraction of sp³-hybridized carbons (Fsp3) is 0.417. The number of nitrogens with zero attached hydrogens (tertiary/aromatic N) is 1. The summed E-state index contributed by atoms with van der Waals surface area (Å²) in [7, 11) is 0. The van der Waals surface area contributed by atoms with Crippen molar-refractivity contribution in [3.8, 4) is 6.07 Å². The van der Waals surface area contributed by atoms with Gasteiger partial charge in [0.05, 0.1) is 23.4 Å². The molecule has 1 aromatic rings. The van der Waals surface area contributed by atoms with Gasteiger partial charge in [-0.2, -0.15) is 5.26 Å². The molecular weight excluding hydrogens is 207 g/mol. The summed E-state index contributed by atoms with van der Waals surface area (Å²) in [5.74, 6) is -0.422. The summed E-state index contributed by atoms with van der Waals surface area (Å²) in [4.78, 5) is 0. The van der Waals surface area contributed by atoms with Crippen LogP contribution in [0.4, 0.5) is 10.1 Å². The molecule has 3 nitrogen and oxygen atoms in total. The second kappa shape index (κ2) is 4.50. The van der Waals surface area contributed by atoms with Gasteiger partial charge in [-0.3, -0.25) is 0 Å². The van der Waals surface area contributed by atoms with Gasteiger partial charge in [-0.25, -0.2) is 4.39 Å². The molecule has 1 aliphatic rings. The first-order valence-electron chi connectivity index (χ1n) is 5.35. The van der Waals surface area contributed by atoms with E-state index in [1.165, 1.54) is 12.1 Å². The lowest BCUT2D eigenvalue weighted by atomic mass is 10.1. The zero-order valence-electron chi connectivity index (χ0n) is 8.78. The molecule has 1 aliphatic carbocycles. The number of rotatable bonds is 2. The third-order valence-electron chi connectivity index (χ3n) is 2.92. The molecule has 0 unspecified atom stereocenters. The molecule has 0 spiro atoms. The predicted molar refractivity (Wildman–Crippen MR) is 58.4 cm³/mol. The number of aliphatic hydroxyl groups excluding tert-OH is 1. The van der Waals surface area contributed by atoms with Gasteiger partial charge in [0.25, 0.3) is 0 Å². The van der Waals surface area contributed by atoms with E-state index in [4.69, 9.17) is 5.26 Å². The number of hydrogen-bond donors (Lipinski definition) is 2. The molecule has 84 valence electrons. The van der Waals surface area contributed by atoms with Gasteiger partial charge in [0.15, 0.2) is 0 Å². The van der Waals surface area contributed by atoms with Crippen LogP contribution < -0.4 is 5.32 Å². The minimum Gasteiger partial charge on any atom is -0.391 e. The highest BCUT2D eigenvalue weighted by Crippen LogP contribution is 2.25. The van der Waals surface area contributed by atoms with Crippen molar-refractivity contribution in [1.29, 1.82) is 5.26 Å². The van der Waals surface area contributed by atoms with E-state index < -0.39 is 5.82 Å². The van der Waals surface area contributed by atoms with Crippen LogP contribution in [0.15, 0.2) is 18.2 Å². The second-order valence-corrected chi connectivity index (χ2v) is 4.05. The van der Waals surface area contributed by atoms with Gasteiger partial charge in [-0.05, 0) is 37.5 Å². The highest BCUT2D eigenvalue weighted by molar-refractivity contribution is 5.58. The number of benzene rings is 1. The number of anilines is 1. The van der Waals surface area contributed by atoms with Crippen LogP contribution in [0.2, 0.25) is 0 Å². The van der Waals surface area contributed by atoms with Gasteiger partial charge in [-0.1, -0.05) is 0 Å². The topological polar surface area (TPSA) is 56.0 Å². The molecule has 0 heterocycles. The molecule has 2 atom stereocenters. The second-order valence-electron chi connectivity index (χ2n) is 4.05. The Labute approximate surface area is 93.5 Å². The number of aliphatic hydroxyl groups is 1. The third-order valence-corrected chi connectivity index (χ3v) is 2.92. The first-order valence-corrected chi connectivity index (χ1v) is 5.35. The Hall–Kier alpha value is -1.60. The van der Waals surface area contributed by atoms with Gasteiger partial charge >= 0.3 is 0 Å². The normalized spacial score (nSPS) is 24.1. The van der Waals surface area contributed by atoms with Crippen molar-refractivity contribution in [2.24, 2.45) is 0 Å². The minimum absolute atomic E-state index is 0.0300. The van der Waals surface area contributed by atoms with E-state index in [2.05, 4.69) is 5.32 Å². The molecule has 0 bridgehead atoms. The molecule has 1 saturated carbocycles. The van der Waals surface area contributed by atoms with E-state index in [1.54, 1.807) is 6.07 Å². The molecule has 16 heavy (non-hydrogen) atoms. The van der Waals surface area contributed by atoms with Crippen molar-refractivity contribution in [2.45, 2.75) is 31.4 Å². The lowest BCUT2D eigenvalue weighted by molar-refractivity contribution is 0.172. The van der Waals surface area contributed by atoms with E-state index in [-0.39, 0.29) is 17.7 Å². The van der Waals surface area contributed by atoms with Gasteiger partial charge < -0.3 is 10.4 Å². The predicted octanol–water partition coefficient (Wildman–Crippen LogP) is 2.02. The molecule has 1 aromatic carbocycles. The first kappa shape index (κ1) is 10.9. The summed E-state index contributed by atoms with van der Waals surface area (Å²) in [6.07, 6.45) is 2.25. The Morgan fingerprint density at radius 3 is 2.88 bits per heavy atom. The maximum absolute atomic E-state index is 12.9. The Bertz CT molecular complexity index is 428. The summed E-state index contributed by atoms with van der Waals surface area (Å²) in [6.45, 7) is 0. The number of nitrogens with one attached hydrogen (secondary N) is 1. The molecule has 2 rings (SSSR count). The van der Waals surface area contributed by atoms with Crippen molar-refractivity contribution in [3.05, 3.63) is 29.6 Å². The molecule has 0 aromatic heterocycles. The number of halogens is 1. The van der Waals surface area contributed by atoms with Crippen molar-refractivity contribution in [2.75, 3.05) is 5.32 Å². The minimum atomic E-state index is -0.422. The third kappa shape index (κ3) is 2.15. The summed E-state index contributed by atoms with van der Waals surface area (Å²) in [5, 5.41) is 21.6. The molecule has 1 fully saturated rings. The van der Waals surface area contributed by atoms with Crippen LogP contribution in [0.25, 0.3) is 0 Å². The monoisotopic (exact) mass is 220 g/mol. The highest BCUT2D eigenvalue weighted by atomic mass is 19.1. The molecule has 0 radical (unpaired) electrons. The lowest BCUT2D eigenvalue weighted by Crippen LogP contribution is -2.28.